The predicted octanol–water partition coefficient (Wildman–Crippen LogP) is 1.11. The van der Waals surface area contributed by atoms with Gasteiger partial charge in [0.15, 0.2) is 5.69 Å². The first-order valence-corrected chi connectivity index (χ1v) is 8.44. The molecule has 0 radical (unpaired) electrons. The zero-order valence-electron chi connectivity index (χ0n) is 15.7. The van der Waals surface area contributed by atoms with Gasteiger partial charge in [0.05, 0.1) is 17.9 Å². The molecular weight excluding hydrogens is 334 g/mol. The topological polar surface area (TPSA) is 89.3 Å². The van der Waals surface area contributed by atoms with Gasteiger partial charge < -0.3 is 15.0 Å². The molecule has 26 heavy (non-hydrogen) atoms. The van der Waals surface area contributed by atoms with E-state index in [0.717, 1.165) is 17.7 Å². The average Bonchev–Trinajstić information content (AvgIpc) is 3.00. The molecule has 0 bridgehead atoms. The Morgan fingerprint density at radius 1 is 1.23 bits per heavy atom. The first kappa shape index (κ1) is 19.6. The van der Waals surface area contributed by atoms with Gasteiger partial charge in [0.1, 0.15) is 0 Å². The van der Waals surface area contributed by atoms with Crippen molar-refractivity contribution in [2.45, 2.75) is 20.3 Å². The highest BCUT2D eigenvalue weighted by Crippen LogP contribution is 2.14. The molecule has 0 fully saturated rings. The minimum atomic E-state index is -0.340. The molecule has 0 aliphatic rings. The van der Waals surface area contributed by atoms with E-state index in [1.807, 2.05) is 31.2 Å². The molecule has 2 amide bonds. The van der Waals surface area contributed by atoms with Gasteiger partial charge >= 0.3 is 0 Å². The van der Waals surface area contributed by atoms with E-state index in [1.54, 1.807) is 25.8 Å². The molecule has 1 aromatic carbocycles. The summed E-state index contributed by atoms with van der Waals surface area (Å²) in [6.45, 7) is 4.84. The zero-order valence-corrected chi connectivity index (χ0v) is 15.7. The Morgan fingerprint density at radius 3 is 2.58 bits per heavy atom. The number of carbonyl (C=O) groups is 2. The lowest BCUT2D eigenvalue weighted by molar-refractivity contribution is -0.121. The Kier molecular flexibility index (Phi) is 6.85. The van der Waals surface area contributed by atoms with Crippen LogP contribution in [0.3, 0.4) is 0 Å². The van der Waals surface area contributed by atoms with Crippen LogP contribution in [-0.2, 0) is 9.53 Å². The Morgan fingerprint density at radius 2 is 1.92 bits per heavy atom. The third-order valence-electron chi connectivity index (χ3n) is 3.95. The predicted molar refractivity (Wildman–Crippen MR) is 97.3 cm³/mol. The van der Waals surface area contributed by atoms with Crippen LogP contribution in [0.15, 0.2) is 24.3 Å². The second-order valence-electron chi connectivity index (χ2n) is 6.13. The number of aryl methyl sites for hydroxylation is 1. The summed E-state index contributed by atoms with van der Waals surface area (Å²) in [5, 5.41) is 10.8. The number of nitrogens with zero attached hydrogens (tertiary/aromatic N) is 4. The summed E-state index contributed by atoms with van der Waals surface area (Å²) < 4.78 is 6.54. The maximum Gasteiger partial charge on any atom is 0.276 e. The van der Waals surface area contributed by atoms with Crippen molar-refractivity contribution < 1.29 is 14.3 Å². The smallest absolute Gasteiger partial charge is 0.276 e. The molecule has 8 nitrogen and oxygen atoms in total. The summed E-state index contributed by atoms with van der Waals surface area (Å²) in [5.41, 5.74) is 2.84. The molecule has 8 heteroatoms. The Labute approximate surface area is 153 Å². The second kappa shape index (κ2) is 9.10. The van der Waals surface area contributed by atoms with Crippen LogP contribution in [0.4, 0.5) is 0 Å². The first-order chi connectivity index (χ1) is 12.4. The van der Waals surface area contributed by atoms with Gasteiger partial charge in [-0.3, -0.25) is 9.59 Å². The van der Waals surface area contributed by atoms with Crippen molar-refractivity contribution >= 4 is 11.8 Å². The van der Waals surface area contributed by atoms with E-state index >= 15 is 0 Å². The van der Waals surface area contributed by atoms with Gasteiger partial charge in [-0.15, -0.1) is 5.10 Å². The van der Waals surface area contributed by atoms with Crippen molar-refractivity contribution in [1.82, 2.24) is 25.2 Å². The van der Waals surface area contributed by atoms with Gasteiger partial charge in [-0.1, -0.05) is 22.9 Å². The van der Waals surface area contributed by atoms with Gasteiger partial charge in [-0.25, -0.2) is 4.68 Å². The number of hydrogen-bond donors (Lipinski definition) is 1. The van der Waals surface area contributed by atoms with Gasteiger partial charge in [0, 0.05) is 27.3 Å². The zero-order chi connectivity index (χ0) is 19.1. The molecule has 0 spiro atoms. The Bertz CT molecular complexity index is 755. The van der Waals surface area contributed by atoms with Crippen LogP contribution in [0.1, 0.15) is 28.2 Å². The number of rotatable bonds is 8. The fraction of sp³-hybridized carbons (Fsp3) is 0.444. The highest BCUT2D eigenvalue weighted by atomic mass is 16.5. The average molecular weight is 359 g/mol. The number of ether oxygens (including phenoxy) is 1. The molecule has 0 aliphatic heterocycles. The Balaban J connectivity index is 2.01. The number of benzene rings is 1. The van der Waals surface area contributed by atoms with Gasteiger partial charge in [0.25, 0.3) is 5.91 Å². The highest BCUT2D eigenvalue weighted by Gasteiger charge is 2.22. The largest absolute Gasteiger partial charge is 0.385 e. The van der Waals surface area contributed by atoms with E-state index in [4.69, 9.17) is 4.74 Å². The van der Waals surface area contributed by atoms with E-state index in [1.165, 1.54) is 4.90 Å². The van der Waals surface area contributed by atoms with Crippen LogP contribution >= 0.6 is 0 Å². The maximum atomic E-state index is 12.6. The summed E-state index contributed by atoms with van der Waals surface area (Å²) in [5.74, 6) is -0.562. The minimum absolute atomic E-state index is 0.0390. The summed E-state index contributed by atoms with van der Waals surface area (Å²) >= 11 is 0. The normalized spacial score (nSPS) is 10.6. The lowest BCUT2D eigenvalue weighted by atomic mass is 10.2. The van der Waals surface area contributed by atoms with Crippen LogP contribution in [0, 0.1) is 13.8 Å². The molecule has 1 aromatic heterocycles. The third-order valence-corrected chi connectivity index (χ3v) is 3.95. The summed E-state index contributed by atoms with van der Waals surface area (Å²) in [4.78, 5) is 25.8. The maximum absolute atomic E-state index is 12.6. The van der Waals surface area contributed by atoms with Crippen LogP contribution < -0.4 is 5.32 Å². The van der Waals surface area contributed by atoms with E-state index in [-0.39, 0.29) is 24.1 Å². The van der Waals surface area contributed by atoms with Crippen molar-refractivity contribution in [2.75, 3.05) is 33.9 Å². The van der Waals surface area contributed by atoms with Crippen molar-refractivity contribution in [2.24, 2.45) is 0 Å². The minimum Gasteiger partial charge on any atom is -0.385 e. The van der Waals surface area contributed by atoms with Crippen LogP contribution in [0.5, 0.6) is 0 Å². The molecule has 2 aromatic rings. The number of nitrogens with one attached hydrogen (secondary N) is 1. The molecule has 0 aliphatic carbocycles. The molecule has 0 unspecified atom stereocenters. The number of likely N-dealkylation sites (N-methyl/N-ethyl adjacent to an activating group) is 1. The third kappa shape index (κ3) is 4.89. The number of aromatic nitrogens is 3. The molecule has 0 atom stereocenters. The molecule has 140 valence electrons. The highest BCUT2D eigenvalue weighted by molar-refractivity contribution is 5.95. The number of hydrogen-bond acceptors (Lipinski definition) is 5. The molecular formula is C18H25N5O3. The molecule has 1 N–H and O–H groups in total. The first-order valence-electron chi connectivity index (χ1n) is 8.44. The van der Waals surface area contributed by atoms with E-state index < -0.39 is 0 Å². The quantitative estimate of drug-likeness (QED) is 0.713. The second-order valence-corrected chi connectivity index (χ2v) is 6.13. The fourth-order valence-corrected chi connectivity index (χ4v) is 2.43. The van der Waals surface area contributed by atoms with Crippen LogP contribution in [0.25, 0.3) is 5.69 Å². The lowest BCUT2D eigenvalue weighted by Crippen LogP contribution is -2.39. The number of methoxy groups -OCH3 is 1. The standard InChI is InChI=1S/C18H25N5O3/c1-13-6-8-15(9-7-13)23-14(2)17(20-21-23)18(25)22(3)12-16(24)19-10-5-11-26-4/h6-9H,5,10-12H2,1-4H3,(H,19,24). The molecule has 2 rings (SSSR count). The van der Waals surface area contributed by atoms with Gasteiger partial charge in [-0.2, -0.15) is 0 Å². The van der Waals surface area contributed by atoms with Gasteiger partial charge in [0.2, 0.25) is 5.91 Å². The van der Waals surface area contributed by atoms with Gasteiger partial charge in [-0.05, 0) is 32.4 Å². The monoisotopic (exact) mass is 359 g/mol. The summed E-state index contributed by atoms with van der Waals surface area (Å²) in [7, 11) is 3.18. The summed E-state index contributed by atoms with van der Waals surface area (Å²) in [6, 6.07) is 7.78. The Hall–Kier alpha value is -2.74. The van der Waals surface area contributed by atoms with Crippen molar-refractivity contribution in [3.63, 3.8) is 0 Å². The van der Waals surface area contributed by atoms with E-state index in [9.17, 15) is 9.59 Å². The van der Waals surface area contributed by atoms with Crippen molar-refractivity contribution in [1.29, 1.82) is 0 Å². The lowest BCUT2D eigenvalue weighted by Gasteiger charge is -2.16. The van der Waals surface area contributed by atoms with Crippen LogP contribution in [0.2, 0.25) is 0 Å². The fourth-order valence-electron chi connectivity index (χ4n) is 2.43. The van der Waals surface area contributed by atoms with E-state index in [2.05, 4.69) is 15.6 Å². The van der Waals surface area contributed by atoms with E-state index in [0.29, 0.717) is 18.8 Å². The SMILES string of the molecule is COCCCNC(=O)CN(C)C(=O)c1nnn(-c2ccc(C)cc2)c1C. The number of amides is 2. The number of carbonyl (C=O) groups excluding carboxylic acids is 2. The summed E-state index contributed by atoms with van der Waals surface area (Å²) in [6.07, 6.45) is 0.726. The van der Waals surface area contributed by atoms with Crippen LogP contribution in [-0.4, -0.2) is 65.6 Å². The molecule has 0 saturated carbocycles. The molecule has 0 saturated heterocycles. The molecule has 1 heterocycles. The van der Waals surface area contributed by atoms with Crippen molar-refractivity contribution in [3.8, 4) is 5.69 Å². The van der Waals surface area contributed by atoms with Crippen molar-refractivity contribution in [3.05, 3.63) is 41.2 Å².